The maximum atomic E-state index is 15.5. The fourth-order valence-corrected chi connectivity index (χ4v) is 5.23. The van der Waals surface area contributed by atoms with E-state index in [0.717, 1.165) is 23.1 Å². The summed E-state index contributed by atoms with van der Waals surface area (Å²) in [6.45, 7) is 9.27. The highest BCUT2D eigenvalue weighted by Gasteiger charge is 2.34. The monoisotopic (exact) mass is 560 g/mol. The summed E-state index contributed by atoms with van der Waals surface area (Å²) in [5.41, 5.74) is 3.30. The summed E-state index contributed by atoms with van der Waals surface area (Å²) >= 11 is 0. The number of hydrogen-bond donors (Lipinski definition) is 2. The molecule has 2 aromatic heterocycles. The van der Waals surface area contributed by atoms with Crippen molar-refractivity contribution in [1.82, 2.24) is 14.6 Å². The van der Waals surface area contributed by atoms with Gasteiger partial charge in [0.2, 0.25) is 5.91 Å². The largest absolute Gasteiger partial charge is 0.490 e. The van der Waals surface area contributed by atoms with Gasteiger partial charge in [-0.3, -0.25) is 4.79 Å². The zero-order valence-corrected chi connectivity index (χ0v) is 23.7. The van der Waals surface area contributed by atoms with E-state index in [1.165, 1.54) is 10.6 Å². The molecule has 0 unspecified atom stereocenters. The standard InChI is InChI=1S/C31H33FN4O5/c1-17-20-12-9-13-40-28(20)22(32)15-21(17)27-26(29(30(38)39)41-31(3,4)5)18(2)33-24-16-23(35-36(24)27)34-25(37)14-19-10-7-6-8-11-19/h6-8,10-11,15-16,29H,9,12-14H2,1-5H3,(H,38,39)(H,34,35,37)/t29-/m0/s1. The Labute approximate surface area is 237 Å². The van der Waals surface area contributed by atoms with Crippen molar-refractivity contribution in [2.24, 2.45) is 0 Å². The predicted molar refractivity (Wildman–Crippen MR) is 152 cm³/mol. The minimum Gasteiger partial charge on any atom is -0.490 e. The quantitative estimate of drug-likeness (QED) is 0.302. The van der Waals surface area contributed by atoms with Crippen molar-refractivity contribution in [1.29, 1.82) is 0 Å². The number of ether oxygens (including phenoxy) is 2. The van der Waals surface area contributed by atoms with Crippen molar-refractivity contribution in [2.45, 2.75) is 65.6 Å². The summed E-state index contributed by atoms with van der Waals surface area (Å²) in [7, 11) is 0. The van der Waals surface area contributed by atoms with Gasteiger partial charge in [-0.1, -0.05) is 30.3 Å². The summed E-state index contributed by atoms with van der Waals surface area (Å²) < 4.78 is 28.6. The van der Waals surface area contributed by atoms with E-state index in [1.54, 1.807) is 33.8 Å². The Morgan fingerprint density at radius 2 is 1.93 bits per heavy atom. The first-order chi connectivity index (χ1) is 19.4. The molecule has 4 aromatic rings. The maximum Gasteiger partial charge on any atom is 0.337 e. The number of fused-ring (bicyclic) bond motifs is 2. The molecule has 0 fully saturated rings. The van der Waals surface area contributed by atoms with E-state index in [1.807, 2.05) is 37.3 Å². The van der Waals surface area contributed by atoms with Crippen LogP contribution in [0.15, 0.2) is 42.5 Å². The molecule has 0 spiro atoms. The number of carbonyl (C=O) groups excluding carboxylic acids is 1. The summed E-state index contributed by atoms with van der Waals surface area (Å²) in [6.07, 6.45) is 0.0833. The number of carboxylic acid groups (broad SMARTS) is 1. The van der Waals surface area contributed by atoms with E-state index < -0.39 is 23.5 Å². The average molecular weight is 561 g/mol. The van der Waals surface area contributed by atoms with Crippen molar-refractivity contribution < 1.29 is 28.6 Å². The van der Waals surface area contributed by atoms with Crippen molar-refractivity contribution in [3.8, 4) is 17.0 Å². The van der Waals surface area contributed by atoms with Gasteiger partial charge in [0.05, 0.1) is 24.3 Å². The predicted octanol–water partition coefficient (Wildman–Crippen LogP) is 5.60. The van der Waals surface area contributed by atoms with Gasteiger partial charge in [-0.25, -0.2) is 18.7 Å². The van der Waals surface area contributed by atoms with Gasteiger partial charge in [0.1, 0.15) is 0 Å². The first kappa shape index (κ1) is 28.2. The number of benzene rings is 2. The van der Waals surface area contributed by atoms with Gasteiger partial charge in [0.15, 0.2) is 29.1 Å². The summed E-state index contributed by atoms with van der Waals surface area (Å²) in [5, 5.41) is 17.7. The number of amides is 1. The molecule has 0 bridgehead atoms. The lowest BCUT2D eigenvalue weighted by molar-refractivity contribution is -0.160. The number of rotatable bonds is 7. The number of nitrogens with zero attached hydrogens (tertiary/aromatic N) is 3. The van der Waals surface area contributed by atoms with Gasteiger partial charge in [-0.15, -0.1) is 5.10 Å². The van der Waals surface area contributed by atoms with Crippen LogP contribution in [0.3, 0.4) is 0 Å². The van der Waals surface area contributed by atoms with Gasteiger partial charge >= 0.3 is 5.97 Å². The summed E-state index contributed by atoms with van der Waals surface area (Å²) in [4.78, 5) is 30.1. The molecule has 214 valence electrons. The number of aryl methyl sites for hydroxylation is 1. The number of carboxylic acids is 1. The molecule has 2 N–H and O–H groups in total. The molecule has 10 heteroatoms. The Balaban J connectivity index is 1.71. The van der Waals surface area contributed by atoms with Crippen LogP contribution in [0, 0.1) is 19.7 Å². The molecule has 2 aromatic carbocycles. The molecule has 5 rings (SSSR count). The number of anilines is 1. The van der Waals surface area contributed by atoms with Gasteiger partial charge in [-0.05, 0) is 64.7 Å². The van der Waals surface area contributed by atoms with E-state index in [-0.39, 0.29) is 29.5 Å². The zero-order chi connectivity index (χ0) is 29.5. The second-order valence-corrected chi connectivity index (χ2v) is 11.2. The Kier molecular flexibility index (Phi) is 7.52. The minimum absolute atomic E-state index is 0.148. The number of aromatic nitrogens is 3. The molecule has 1 aliphatic rings. The SMILES string of the molecule is Cc1nc2cc(NC(=O)Cc3ccccc3)nn2c(-c2cc(F)c3c(c2C)CCCO3)c1[C@H](OC(C)(C)C)C(=O)O. The van der Waals surface area contributed by atoms with Crippen LogP contribution in [0.2, 0.25) is 0 Å². The Morgan fingerprint density at radius 1 is 1.20 bits per heavy atom. The van der Waals surface area contributed by atoms with E-state index >= 15 is 4.39 Å². The highest BCUT2D eigenvalue weighted by atomic mass is 19.1. The first-order valence-electron chi connectivity index (χ1n) is 13.5. The second kappa shape index (κ2) is 10.9. The highest BCUT2D eigenvalue weighted by Crippen LogP contribution is 2.41. The van der Waals surface area contributed by atoms with E-state index in [9.17, 15) is 14.7 Å². The van der Waals surface area contributed by atoms with Crippen LogP contribution in [0.1, 0.15) is 61.2 Å². The highest BCUT2D eigenvalue weighted by molar-refractivity contribution is 5.92. The van der Waals surface area contributed by atoms with Crippen LogP contribution in [0.25, 0.3) is 16.9 Å². The third-order valence-electron chi connectivity index (χ3n) is 6.95. The first-order valence-corrected chi connectivity index (χ1v) is 13.5. The Bertz CT molecular complexity index is 1640. The van der Waals surface area contributed by atoms with Crippen LogP contribution in [-0.2, 0) is 27.2 Å². The van der Waals surface area contributed by atoms with E-state index in [4.69, 9.17) is 9.47 Å². The fourth-order valence-electron chi connectivity index (χ4n) is 5.23. The molecule has 0 aliphatic carbocycles. The Morgan fingerprint density at radius 3 is 2.61 bits per heavy atom. The lowest BCUT2D eigenvalue weighted by Crippen LogP contribution is -2.29. The summed E-state index contributed by atoms with van der Waals surface area (Å²) in [5.74, 6) is -1.57. The number of halogens is 1. The van der Waals surface area contributed by atoms with E-state index in [0.29, 0.717) is 35.6 Å². The smallest absolute Gasteiger partial charge is 0.337 e. The summed E-state index contributed by atoms with van der Waals surface area (Å²) in [6, 6.07) is 12.3. The van der Waals surface area contributed by atoms with Gasteiger partial charge in [-0.2, -0.15) is 0 Å². The van der Waals surface area contributed by atoms with Crippen LogP contribution < -0.4 is 10.1 Å². The molecule has 0 saturated heterocycles. The van der Waals surface area contributed by atoms with Gasteiger partial charge in [0, 0.05) is 28.5 Å². The lowest BCUT2D eigenvalue weighted by atomic mass is 9.91. The fraction of sp³-hybridized carbons (Fsp3) is 0.355. The lowest BCUT2D eigenvalue weighted by Gasteiger charge is -2.28. The molecule has 9 nitrogen and oxygen atoms in total. The molecule has 3 heterocycles. The average Bonchev–Trinajstić information content (AvgIpc) is 3.30. The minimum atomic E-state index is -1.42. The molecule has 41 heavy (non-hydrogen) atoms. The third kappa shape index (κ3) is 5.78. The van der Waals surface area contributed by atoms with Gasteiger partial charge < -0.3 is 19.9 Å². The third-order valence-corrected chi connectivity index (χ3v) is 6.95. The van der Waals surface area contributed by atoms with Crippen LogP contribution in [0.5, 0.6) is 5.75 Å². The molecule has 1 amide bonds. The number of nitrogens with one attached hydrogen (secondary N) is 1. The molecule has 0 saturated carbocycles. The van der Waals surface area contributed by atoms with Crippen molar-refractivity contribution in [2.75, 3.05) is 11.9 Å². The topological polar surface area (TPSA) is 115 Å². The molecule has 1 aliphatic heterocycles. The zero-order valence-electron chi connectivity index (χ0n) is 23.7. The van der Waals surface area contributed by atoms with Crippen molar-refractivity contribution in [3.63, 3.8) is 0 Å². The van der Waals surface area contributed by atoms with Gasteiger partial charge in [0.25, 0.3) is 0 Å². The number of aliphatic carboxylic acids is 1. The van der Waals surface area contributed by atoms with Crippen molar-refractivity contribution in [3.05, 3.63) is 76.2 Å². The second-order valence-electron chi connectivity index (χ2n) is 11.2. The molecule has 1 atom stereocenters. The molecule has 0 radical (unpaired) electrons. The molecular weight excluding hydrogens is 527 g/mol. The number of carbonyl (C=O) groups is 2. The van der Waals surface area contributed by atoms with Crippen LogP contribution >= 0.6 is 0 Å². The van der Waals surface area contributed by atoms with E-state index in [2.05, 4.69) is 15.4 Å². The maximum absolute atomic E-state index is 15.5. The van der Waals surface area contributed by atoms with Crippen LogP contribution in [-0.4, -0.2) is 43.8 Å². The Hall–Kier alpha value is -4.31. The number of hydrogen-bond acceptors (Lipinski definition) is 6. The van der Waals surface area contributed by atoms with Crippen molar-refractivity contribution >= 4 is 23.3 Å². The van der Waals surface area contributed by atoms with Crippen LogP contribution in [0.4, 0.5) is 10.2 Å². The molecular formula is C31H33FN4O5. The normalized spacial score (nSPS) is 13.9.